The number of ether oxygens (including phenoxy) is 1. The third kappa shape index (κ3) is 3.36. The van der Waals surface area contributed by atoms with Crippen LogP contribution >= 0.6 is 9.24 Å². The Morgan fingerprint density at radius 3 is 2.83 bits per heavy atom. The molecule has 23 heavy (non-hydrogen) atoms. The summed E-state index contributed by atoms with van der Waals surface area (Å²) in [6.07, 6.45) is 3.07. The zero-order chi connectivity index (χ0) is 16.2. The molecule has 0 spiro atoms. The zero-order valence-corrected chi connectivity index (χ0v) is 13.7. The molecule has 1 N–H and O–H groups in total. The van der Waals surface area contributed by atoms with E-state index < -0.39 is 0 Å². The van der Waals surface area contributed by atoms with Gasteiger partial charge in [-0.2, -0.15) is 0 Å². The molecule has 8 heteroatoms. The molecule has 118 valence electrons. The first-order chi connectivity index (χ1) is 11.2. The normalized spacial score (nSPS) is 12.3. The lowest BCUT2D eigenvalue weighted by molar-refractivity contribution is 0.102. The van der Waals surface area contributed by atoms with Gasteiger partial charge in [-0.05, 0) is 12.1 Å². The summed E-state index contributed by atoms with van der Waals surface area (Å²) in [5.41, 5.74) is 1.75. The van der Waals surface area contributed by atoms with E-state index in [0.29, 0.717) is 29.1 Å². The van der Waals surface area contributed by atoms with Crippen molar-refractivity contribution in [1.29, 1.82) is 0 Å². The molecule has 0 aliphatic rings. The van der Waals surface area contributed by atoms with Gasteiger partial charge in [0.15, 0.2) is 17.0 Å². The summed E-state index contributed by atoms with van der Waals surface area (Å²) in [5, 5.41) is 2.78. The summed E-state index contributed by atoms with van der Waals surface area (Å²) < 4.78 is 7.08. The molecule has 3 rings (SSSR count). The highest BCUT2D eigenvalue weighted by molar-refractivity contribution is 7.17. The van der Waals surface area contributed by atoms with Crippen molar-refractivity contribution in [3.05, 3.63) is 48.5 Å². The van der Waals surface area contributed by atoms with Gasteiger partial charge in [0.05, 0.1) is 18.7 Å². The molecule has 2 heterocycles. The quantitative estimate of drug-likeness (QED) is 0.723. The summed E-state index contributed by atoms with van der Waals surface area (Å²) in [5.74, 6) is 0.103. The van der Waals surface area contributed by atoms with E-state index in [2.05, 4.69) is 29.5 Å². The molecule has 7 nitrogen and oxygen atoms in total. The Kier molecular flexibility index (Phi) is 4.60. The van der Waals surface area contributed by atoms with Gasteiger partial charge in [-0.25, -0.2) is 15.0 Å². The summed E-state index contributed by atoms with van der Waals surface area (Å²) in [6, 6.07) is 8.95. The highest BCUT2D eigenvalue weighted by atomic mass is 31.0. The first kappa shape index (κ1) is 15.5. The molecule has 0 radical (unpaired) electrons. The number of methoxy groups -OCH3 is 1. The highest BCUT2D eigenvalue weighted by Crippen LogP contribution is 2.19. The van der Waals surface area contributed by atoms with E-state index in [1.165, 1.54) is 6.33 Å². The Balaban J connectivity index is 1.89. The summed E-state index contributed by atoms with van der Waals surface area (Å²) in [7, 11) is 4.23. The average molecular weight is 329 g/mol. The number of carbonyl (C=O) groups excluding carboxylic acids is 1. The Hall–Kier alpha value is -2.37. The van der Waals surface area contributed by atoms with Gasteiger partial charge in [-0.1, -0.05) is 18.2 Å². The summed E-state index contributed by atoms with van der Waals surface area (Å²) in [6.45, 7) is 0.584. The van der Waals surface area contributed by atoms with Crippen LogP contribution in [-0.4, -0.2) is 38.4 Å². The number of nitrogens with zero attached hydrogens (tertiary/aromatic N) is 4. The molecule has 0 bridgehead atoms. The van der Waals surface area contributed by atoms with E-state index in [1.54, 1.807) is 25.6 Å². The Morgan fingerprint density at radius 2 is 2.09 bits per heavy atom. The minimum absolute atomic E-state index is 0.0512. The van der Waals surface area contributed by atoms with Crippen LogP contribution in [0.15, 0.2) is 43.0 Å². The fraction of sp³-hybridized carbons (Fsp3) is 0.200. The topological polar surface area (TPSA) is 81.9 Å². The first-order valence-electron chi connectivity index (χ1n) is 6.99. The number of nitrogens with one attached hydrogen (secondary N) is 1. The lowest BCUT2D eigenvalue weighted by Gasteiger charge is -2.10. The number of anilines is 1. The fourth-order valence-corrected chi connectivity index (χ4v) is 2.37. The first-order valence-corrected chi connectivity index (χ1v) is 7.66. The van der Waals surface area contributed by atoms with E-state index in [1.807, 2.05) is 22.8 Å². The van der Waals surface area contributed by atoms with Crippen molar-refractivity contribution < 1.29 is 9.53 Å². The number of hydrogen-bond donors (Lipinski definition) is 1. The van der Waals surface area contributed by atoms with E-state index in [9.17, 15) is 4.79 Å². The van der Waals surface area contributed by atoms with Crippen molar-refractivity contribution in [3.8, 4) is 0 Å². The van der Waals surface area contributed by atoms with Crippen LogP contribution in [0.1, 0.15) is 10.4 Å². The zero-order valence-electron chi connectivity index (χ0n) is 12.5. The molecule has 1 amide bonds. The Morgan fingerprint density at radius 1 is 1.30 bits per heavy atom. The second-order valence-corrected chi connectivity index (χ2v) is 5.63. The van der Waals surface area contributed by atoms with Crippen LogP contribution in [0.2, 0.25) is 0 Å². The molecular weight excluding hydrogens is 313 g/mol. The number of aromatic nitrogens is 4. The maximum absolute atomic E-state index is 12.3. The molecule has 2 aromatic heterocycles. The van der Waals surface area contributed by atoms with Crippen LogP contribution in [0, 0.1) is 0 Å². The van der Waals surface area contributed by atoms with Crippen molar-refractivity contribution >= 4 is 32.1 Å². The van der Waals surface area contributed by atoms with Crippen molar-refractivity contribution in [2.45, 2.75) is 12.4 Å². The summed E-state index contributed by atoms with van der Waals surface area (Å²) in [4.78, 5) is 24.9. The lowest BCUT2D eigenvalue weighted by Crippen LogP contribution is -2.14. The molecule has 3 aromatic rings. The van der Waals surface area contributed by atoms with E-state index in [0.717, 1.165) is 0 Å². The van der Waals surface area contributed by atoms with Crippen molar-refractivity contribution in [1.82, 2.24) is 19.5 Å². The third-order valence-electron chi connectivity index (χ3n) is 3.35. The maximum Gasteiger partial charge on any atom is 0.256 e. The summed E-state index contributed by atoms with van der Waals surface area (Å²) >= 11 is 0. The molecule has 0 aliphatic heterocycles. The van der Waals surface area contributed by atoms with Gasteiger partial charge in [0, 0.05) is 12.7 Å². The number of rotatable bonds is 5. The van der Waals surface area contributed by atoms with Gasteiger partial charge in [-0.3, -0.25) is 4.79 Å². The molecule has 0 aliphatic carbocycles. The second-order valence-electron chi connectivity index (χ2n) is 4.89. The van der Waals surface area contributed by atoms with E-state index in [4.69, 9.17) is 4.74 Å². The third-order valence-corrected chi connectivity index (χ3v) is 3.83. The predicted molar refractivity (Wildman–Crippen MR) is 90.2 cm³/mol. The van der Waals surface area contributed by atoms with Crippen LogP contribution in [0.4, 0.5) is 5.82 Å². The maximum atomic E-state index is 12.3. The second kappa shape index (κ2) is 6.81. The van der Waals surface area contributed by atoms with Crippen LogP contribution in [-0.2, 0) is 11.3 Å². The van der Waals surface area contributed by atoms with Crippen LogP contribution in [0.3, 0.4) is 0 Å². The molecule has 2 unspecified atom stereocenters. The van der Waals surface area contributed by atoms with Crippen LogP contribution in [0.25, 0.3) is 11.2 Å². The molecule has 2 atom stereocenters. The largest absolute Gasteiger partial charge is 0.376 e. The minimum Gasteiger partial charge on any atom is -0.376 e. The lowest BCUT2D eigenvalue weighted by atomic mass is 10.2. The highest BCUT2D eigenvalue weighted by Gasteiger charge is 2.14. The smallest absolute Gasteiger partial charge is 0.256 e. The number of hydrogen-bond acceptors (Lipinski definition) is 5. The number of fused-ring (bicyclic) bond motifs is 1. The van der Waals surface area contributed by atoms with Gasteiger partial charge in [-0.15, -0.1) is 9.24 Å². The number of amides is 1. The number of benzene rings is 1. The van der Waals surface area contributed by atoms with Gasteiger partial charge >= 0.3 is 0 Å². The van der Waals surface area contributed by atoms with Gasteiger partial charge in [0.2, 0.25) is 0 Å². The molecule has 0 fully saturated rings. The predicted octanol–water partition coefficient (Wildman–Crippen LogP) is 1.93. The monoisotopic (exact) mass is 329 g/mol. The average Bonchev–Trinajstić information content (AvgIpc) is 2.99. The van der Waals surface area contributed by atoms with Crippen LogP contribution in [0.5, 0.6) is 0 Å². The van der Waals surface area contributed by atoms with Gasteiger partial charge in [0.1, 0.15) is 6.33 Å². The minimum atomic E-state index is -0.235. The van der Waals surface area contributed by atoms with Crippen molar-refractivity contribution in [2.24, 2.45) is 0 Å². The number of imidazole rings is 1. The van der Waals surface area contributed by atoms with E-state index in [-0.39, 0.29) is 11.8 Å². The molecular formula is C15H16N5O2P. The van der Waals surface area contributed by atoms with Crippen molar-refractivity contribution in [3.63, 3.8) is 0 Å². The number of carbonyl (C=O) groups is 1. The fourth-order valence-electron chi connectivity index (χ4n) is 2.14. The van der Waals surface area contributed by atoms with Crippen LogP contribution < -0.4 is 5.32 Å². The molecule has 1 aromatic carbocycles. The Bertz CT molecular complexity index is 821. The Labute approximate surface area is 135 Å². The molecule has 0 saturated carbocycles. The van der Waals surface area contributed by atoms with Crippen molar-refractivity contribution in [2.75, 3.05) is 12.4 Å². The van der Waals surface area contributed by atoms with E-state index >= 15 is 0 Å². The van der Waals surface area contributed by atoms with Gasteiger partial charge in [0.25, 0.3) is 5.91 Å². The van der Waals surface area contributed by atoms with Gasteiger partial charge < -0.3 is 14.6 Å². The standard InChI is InChI=1S/C15H16N5O2P/c1-22-11(23)7-20-9-18-12-13(16-8-17-14(12)20)19-15(21)10-5-3-2-4-6-10/h2-6,8-9,11H,7,23H2,1H3,(H,16,17,19,21). The molecule has 0 saturated heterocycles. The SMILES string of the molecule is COC(P)Cn1cnc2c(NC(=O)c3ccccc3)ncnc21.